The largest absolute Gasteiger partial charge is 0.483 e. The van der Waals surface area contributed by atoms with Gasteiger partial charge in [-0.1, -0.05) is 18.2 Å². The van der Waals surface area contributed by atoms with E-state index in [1.54, 1.807) is 36.8 Å². The number of carboxylic acid groups (broad SMARTS) is 2. The minimum atomic E-state index is -4.22. The number of rotatable bonds is 6. The van der Waals surface area contributed by atoms with Crippen molar-refractivity contribution in [3.63, 3.8) is 0 Å². The molecular weight excluding hydrogens is 429 g/mol. The van der Waals surface area contributed by atoms with E-state index in [1.807, 2.05) is 23.8 Å². The molecular formula is C21H23F3N4O4. The molecule has 3 N–H and O–H groups in total. The summed E-state index contributed by atoms with van der Waals surface area (Å²) in [6.45, 7) is 2.78. The van der Waals surface area contributed by atoms with Gasteiger partial charge in [0.1, 0.15) is 5.82 Å². The van der Waals surface area contributed by atoms with E-state index in [-0.39, 0.29) is 18.5 Å². The second kappa shape index (κ2) is 13.4. The molecule has 172 valence electrons. The fraction of sp³-hybridized carbons (Fsp3) is 0.238. The Labute approximate surface area is 182 Å². The highest BCUT2D eigenvalue weighted by Crippen LogP contribution is 2.25. The maximum Gasteiger partial charge on any atom is 0.393 e. The monoisotopic (exact) mass is 452 g/mol. The number of halogens is 3. The topological polar surface area (TPSA) is 117 Å². The molecule has 3 rings (SSSR count). The van der Waals surface area contributed by atoms with Gasteiger partial charge in [0.15, 0.2) is 0 Å². The molecule has 11 heteroatoms. The highest BCUT2D eigenvalue weighted by Gasteiger charge is 2.27. The molecule has 0 aliphatic heterocycles. The van der Waals surface area contributed by atoms with Crippen LogP contribution in [0.2, 0.25) is 0 Å². The van der Waals surface area contributed by atoms with E-state index >= 15 is 0 Å². The Bertz CT molecular complexity index is 971. The summed E-state index contributed by atoms with van der Waals surface area (Å²) in [7, 11) is 0. The van der Waals surface area contributed by atoms with Gasteiger partial charge in [0.05, 0.1) is 6.42 Å². The van der Waals surface area contributed by atoms with E-state index in [1.165, 1.54) is 6.07 Å². The molecule has 32 heavy (non-hydrogen) atoms. The summed E-state index contributed by atoms with van der Waals surface area (Å²) in [5.41, 5.74) is 2.97. The van der Waals surface area contributed by atoms with Crippen LogP contribution < -0.4 is 5.32 Å². The lowest BCUT2D eigenvalue weighted by atomic mass is 10.1. The first-order chi connectivity index (χ1) is 15.3. The van der Waals surface area contributed by atoms with Crippen LogP contribution in [0.4, 0.5) is 18.9 Å². The van der Waals surface area contributed by atoms with Gasteiger partial charge in [0.2, 0.25) is 0 Å². The van der Waals surface area contributed by atoms with E-state index in [4.69, 9.17) is 19.8 Å². The Kier molecular flexibility index (Phi) is 11.0. The lowest BCUT2D eigenvalue weighted by Gasteiger charge is -2.12. The molecule has 0 spiro atoms. The highest BCUT2D eigenvalue weighted by molar-refractivity contribution is 5.57. The maximum atomic E-state index is 12.6. The molecule has 0 atom stereocenters. The number of benzene rings is 1. The van der Waals surface area contributed by atoms with Gasteiger partial charge in [-0.05, 0) is 30.2 Å². The average Bonchev–Trinajstić information content (AvgIpc) is 3.18. The molecule has 2 heterocycles. The van der Waals surface area contributed by atoms with Gasteiger partial charge in [-0.25, -0.2) is 4.98 Å². The lowest BCUT2D eigenvalue weighted by molar-refractivity contribution is -0.127. The SMILES string of the molecule is Cc1cnccc1NCCn1ccnc1-c1cccc(CC(F)(F)F)c1.O=CO.O=CO. The van der Waals surface area contributed by atoms with Crippen molar-refractivity contribution >= 4 is 18.6 Å². The smallest absolute Gasteiger partial charge is 0.393 e. The van der Waals surface area contributed by atoms with Crippen molar-refractivity contribution in [2.45, 2.75) is 26.1 Å². The second-order valence-electron chi connectivity index (χ2n) is 6.26. The summed E-state index contributed by atoms with van der Waals surface area (Å²) in [6.07, 6.45) is 1.84. The summed E-state index contributed by atoms with van der Waals surface area (Å²) in [5, 5.41) is 17.1. The van der Waals surface area contributed by atoms with Crippen molar-refractivity contribution in [3.8, 4) is 11.4 Å². The number of aryl methyl sites for hydroxylation is 1. The Morgan fingerprint density at radius 1 is 1.12 bits per heavy atom. The zero-order valence-electron chi connectivity index (χ0n) is 17.2. The number of pyridine rings is 1. The quantitative estimate of drug-likeness (QED) is 0.486. The number of nitrogens with zero attached hydrogens (tertiary/aromatic N) is 3. The zero-order chi connectivity index (χ0) is 24.0. The third-order valence-corrected chi connectivity index (χ3v) is 3.99. The molecule has 0 saturated carbocycles. The van der Waals surface area contributed by atoms with Crippen LogP contribution in [-0.4, -0.2) is 50.4 Å². The predicted molar refractivity (Wildman–Crippen MR) is 112 cm³/mol. The molecule has 0 aliphatic rings. The van der Waals surface area contributed by atoms with E-state index in [2.05, 4.69) is 15.3 Å². The van der Waals surface area contributed by atoms with Gasteiger partial charge in [-0.2, -0.15) is 13.2 Å². The minimum absolute atomic E-state index is 0.232. The number of nitrogens with one attached hydrogen (secondary N) is 1. The summed E-state index contributed by atoms with van der Waals surface area (Å²) in [5.74, 6) is 0.655. The molecule has 8 nitrogen and oxygen atoms in total. The first-order valence-electron chi connectivity index (χ1n) is 9.23. The van der Waals surface area contributed by atoms with Crippen LogP contribution in [0.15, 0.2) is 55.1 Å². The third kappa shape index (κ3) is 9.28. The second-order valence-corrected chi connectivity index (χ2v) is 6.26. The van der Waals surface area contributed by atoms with Gasteiger partial charge in [-0.15, -0.1) is 0 Å². The highest BCUT2D eigenvalue weighted by atomic mass is 19.4. The molecule has 3 aromatic rings. The first kappa shape index (κ1) is 26.1. The third-order valence-electron chi connectivity index (χ3n) is 3.99. The Balaban J connectivity index is 0.000000769. The van der Waals surface area contributed by atoms with Crippen molar-refractivity contribution in [1.82, 2.24) is 14.5 Å². The number of hydrogen-bond donors (Lipinski definition) is 3. The van der Waals surface area contributed by atoms with Crippen molar-refractivity contribution in [1.29, 1.82) is 0 Å². The van der Waals surface area contributed by atoms with Crippen molar-refractivity contribution in [2.24, 2.45) is 0 Å². The molecule has 2 aromatic heterocycles. The molecule has 0 fully saturated rings. The van der Waals surface area contributed by atoms with E-state index in [9.17, 15) is 13.2 Å². The normalized spacial score (nSPS) is 10.1. The lowest BCUT2D eigenvalue weighted by Crippen LogP contribution is -2.12. The molecule has 0 unspecified atom stereocenters. The van der Waals surface area contributed by atoms with Crippen molar-refractivity contribution in [2.75, 3.05) is 11.9 Å². The Hall–Kier alpha value is -3.89. The van der Waals surface area contributed by atoms with E-state index in [0.717, 1.165) is 11.3 Å². The average molecular weight is 452 g/mol. The van der Waals surface area contributed by atoms with Crippen LogP contribution in [0.1, 0.15) is 11.1 Å². The molecule has 0 amide bonds. The molecule has 0 radical (unpaired) electrons. The Morgan fingerprint density at radius 2 is 1.81 bits per heavy atom. The van der Waals surface area contributed by atoms with E-state index < -0.39 is 12.6 Å². The minimum Gasteiger partial charge on any atom is -0.483 e. The van der Waals surface area contributed by atoms with Gasteiger partial charge in [0, 0.05) is 49.1 Å². The van der Waals surface area contributed by atoms with Crippen LogP contribution in [0.25, 0.3) is 11.4 Å². The van der Waals surface area contributed by atoms with Gasteiger partial charge < -0.3 is 20.1 Å². The Morgan fingerprint density at radius 3 is 2.44 bits per heavy atom. The number of alkyl halides is 3. The van der Waals surface area contributed by atoms with Crippen molar-refractivity contribution in [3.05, 3.63) is 66.2 Å². The van der Waals surface area contributed by atoms with Crippen LogP contribution in [0.3, 0.4) is 0 Å². The fourth-order valence-electron chi connectivity index (χ4n) is 2.78. The van der Waals surface area contributed by atoms with Crippen LogP contribution >= 0.6 is 0 Å². The van der Waals surface area contributed by atoms with Crippen molar-refractivity contribution < 1.29 is 33.0 Å². The maximum absolute atomic E-state index is 12.6. The predicted octanol–water partition coefficient (Wildman–Crippen LogP) is 3.87. The van der Waals surface area contributed by atoms with Gasteiger partial charge >= 0.3 is 6.18 Å². The van der Waals surface area contributed by atoms with Gasteiger partial charge in [0.25, 0.3) is 12.9 Å². The first-order valence-corrected chi connectivity index (χ1v) is 9.23. The molecule has 1 aromatic carbocycles. The summed E-state index contributed by atoms with van der Waals surface area (Å²) < 4.78 is 39.8. The summed E-state index contributed by atoms with van der Waals surface area (Å²) >= 11 is 0. The number of carbonyl (C=O) groups is 2. The number of anilines is 1. The van der Waals surface area contributed by atoms with Gasteiger partial charge in [-0.3, -0.25) is 14.6 Å². The van der Waals surface area contributed by atoms with Crippen LogP contribution in [0, 0.1) is 6.92 Å². The summed E-state index contributed by atoms with van der Waals surface area (Å²) in [6, 6.07) is 8.35. The number of imidazole rings is 1. The zero-order valence-corrected chi connectivity index (χ0v) is 17.2. The summed E-state index contributed by atoms with van der Waals surface area (Å²) in [4.78, 5) is 25.1. The number of hydrogen-bond acceptors (Lipinski definition) is 5. The molecule has 0 bridgehead atoms. The van der Waals surface area contributed by atoms with E-state index in [0.29, 0.717) is 24.5 Å². The van der Waals surface area contributed by atoms with Crippen LogP contribution in [0.5, 0.6) is 0 Å². The fourth-order valence-corrected chi connectivity index (χ4v) is 2.78. The standard InChI is InChI=1S/C19H19F3N4.2CH2O2/c1-14-13-23-6-5-17(14)24-7-9-26-10-8-25-18(26)16-4-2-3-15(11-16)12-19(20,21)22;2*2-1-3/h2-6,8,10-11,13H,7,9,12H2,1H3,(H,23,24);2*1H,(H,2,3). The van der Waals surface area contributed by atoms with Crippen LogP contribution in [-0.2, 0) is 22.6 Å². The number of aromatic nitrogens is 3. The molecule has 0 aliphatic carbocycles. The molecule has 0 saturated heterocycles.